The number of alkyl halides is 7. The molecular weight excluding hydrogens is 388 g/mol. The number of hydrogen-bond acceptors (Lipinski definition) is 1. The molecule has 1 heterocycles. The molecule has 0 N–H and O–H groups in total. The first-order chi connectivity index (χ1) is 10.8. The number of hydrogen-bond donors (Lipinski definition) is 0. The van der Waals surface area contributed by atoms with E-state index >= 15 is 0 Å². The second-order valence-corrected chi connectivity index (χ2v) is 5.99. The van der Waals surface area contributed by atoms with E-state index in [9.17, 15) is 30.7 Å². The highest BCUT2D eigenvalue weighted by molar-refractivity contribution is 6.37. The van der Waals surface area contributed by atoms with Gasteiger partial charge < -0.3 is 0 Å². The number of nitrogens with zero attached hydrogens (tertiary/aromatic N) is 2. The normalized spacial score (nSPS) is 18.7. The lowest BCUT2D eigenvalue weighted by atomic mass is 10.1. The molecule has 1 aliphatic carbocycles. The Morgan fingerprint density at radius 3 is 2.04 bits per heavy atom. The van der Waals surface area contributed by atoms with Crippen LogP contribution in [-0.4, -0.2) is 15.7 Å². The first-order valence-electron chi connectivity index (χ1n) is 6.26. The van der Waals surface area contributed by atoms with E-state index < -0.39 is 51.3 Å². The second kappa shape index (κ2) is 5.01. The Balaban J connectivity index is 2.11. The SMILES string of the molecule is FC(F)(F)c1cc(Cl)c(-n2cc3c(n2)CC(F)(F)C3(F)F)c(Cl)c1. The largest absolute Gasteiger partial charge is 0.416 e. The molecule has 3 rings (SSSR count). The first-order valence-corrected chi connectivity index (χ1v) is 7.01. The molecule has 1 aromatic heterocycles. The third-order valence-electron chi connectivity index (χ3n) is 3.55. The Labute approximate surface area is 139 Å². The summed E-state index contributed by atoms with van der Waals surface area (Å²) >= 11 is 11.5. The maximum Gasteiger partial charge on any atom is 0.416 e. The maximum atomic E-state index is 13.6. The zero-order valence-electron chi connectivity index (χ0n) is 11.2. The first kappa shape index (κ1) is 17.3. The van der Waals surface area contributed by atoms with Crippen molar-refractivity contribution in [3.8, 4) is 5.69 Å². The van der Waals surface area contributed by atoms with Gasteiger partial charge in [-0.25, -0.2) is 4.68 Å². The molecule has 0 bridgehead atoms. The maximum absolute atomic E-state index is 13.6. The molecule has 0 aliphatic heterocycles. The molecule has 0 amide bonds. The quantitative estimate of drug-likeness (QED) is 0.587. The van der Waals surface area contributed by atoms with E-state index in [-0.39, 0.29) is 5.69 Å². The molecule has 11 heteroatoms. The number of halogens is 9. The van der Waals surface area contributed by atoms with Crippen LogP contribution in [0.1, 0.15) is 16.8 Å². The molecule has 0 fully saturated rings. The average molecular weight is 393 g/mol. The van der Waals surface area contributed by atoms with Crippen LogP contribution in [-0.2, 0) is 18.5 Å². The Kier molecular flexibility index (Phi) is 3.62. The predicted molar refractivity (Wildman–Crippen MR) is 71.1 cm³/mol. The number of rotatable bonds is 1. The molecule has 2 aromatic rings. The molecule has 0 saturated carbocycles. The lowest BCUT2D eigenvalue weighted by Gasteiger charge is -2.18. The summed E-state index contributed by atoms with van der Waals surface area (Å²) in [5.41, 5.74) is -3.03. The van der Waals surface area contributed by atoms with Crippen LogP contribution in [0, 0.1) is 0 Å². The molecule has 1 aliphatic rings. The number of benzene rings is 1. The van der Waals surface area contributed by atoms with E-state index in [0.29, 0.717) is 23.0 Å². The fourth-order valence-corrected chi connectivity index (χ4v) is 3.04. The van der Waals surface area contributed by atoms with Gasteiger partial charge in [0.25, 0.3) is 0 Å². The molecule has 24 heavy (non-hydrogen) atoms. The average Bonchev–Trinajstić information content (AvgIpc) is 2.85. The molecule has 1 aromatic carbocycles. The highest BCUT2D eigenvalue weighted by Gasteiger charge is 2.64. The van der Waals surface area contributed by atoms with Crippen LogP contribution in [0.2, 0.25) is 10.0 Å². The Morgan fingerprint density at radius 2 is 1.58 bits per heavy atom. The Morgan fingerprint density at radius 1 is 1.04 bits per heavy atom. The van der Waals surface area contributed by atoms with E-state index in [2.05, 4.69) is 5.10 Å². The van der Waals surface area contributed by atoms with Gasteiger partial charge in [0.2, 0.25) is 0 Å². The van der Waals surface area contributed by atoms with Gasteiger partial charge in [0.1, 0.15) is 5.69 Å². The second-order valence-electron chi connectivity index (χ2n) is 5.18. The van der Waals surface area contributed by atoms with Gasteiger partial charge in [-0.3, -0.25) is 0 Å². The van der Waals surface area contributed by atoms with Crippen molar-refractivity contribution in [3.05, 3.63) is 45.2 Å². The van der Waals surface area contributed by atoms with Gasteiger partial charge in [-0.2, -0.15) is 35.8 Å². The highest BCUT2D eigenvalue weighted by Crippen LogP contribution is 2.52. The van der Waals surface area contributed by atoms with E-state index in [1.807, 2.05) is 0 Å². The van der Waals surface area contributed by atoms with Crippen molar-refractivity contribution < 1.29 is 30.7 Å². The smallest absolute Gasteiger partial charge is 0.237 e. The van der Waals surface area contributed by atoms with Crippen molar-refractivity contribution in [3.63, 3.8) is 0 Å². The standard InChI is InChI=1S/C13H5Cl2F7N2/c14-7-1-5(13(20,21)22)2-8(15)10(7)24-4-6-9(23-24)3-11(16,17)12(6,18)19/h1-2,4H,3H2. The van der Waals surface area contributed by atoms with Crippen molar-refractivity contribution in [1.82, 2.24) is 9.78 Å². The molecule has 2 nitrogen and oxygen atoms in total. The topological polar surface area (TPSA) is 17.8 Å². The summed E-state index contributed by atoms with van der Waals surface area (Å²) in [6, 6.07) is 1.09. The lowest BCUT2D eigenvalue weighted by molar-refractivity contribution is -0.203. The van der Waals surface area contributed by atoms with Gasteiger partial charge in [0.05, 0.1) is 33.3 Å². The fourth-order valence-electron chi connectivity index (χ4n) is 2.38. The summed E-state index contributed by atoms with van der Waals surface area (Å²) < 4.78 is 92.5. The van der Waals surface area contributed by atoms with Gasteiger partial charge in [-0.15, -0.1) is 0 Å². The zero-order chi connectivity index (χ0) is 18.1. The predicted octanol–water partition coefficient (Wildman–Crippen LogP) is 5.48. The molecular formula is C13H5Cl2F7N2. The van der Waals surface area contributed by atoms with Crippen LogP contribution >= 0.6 is 23.2 Å². The summed E-state index contributed by atoms with van der Waals surface area (Å²) in [5.74, 6) is -8.72. The van der Waals surface area contributed by atoms with E-state index in [4.69, 9.17) is 23.2 Å². The molecule has 0 spiro atoms. The summed E-state index contributed by atoms with van der Waals surface area (Å²) in [7, 11) is 0. The van der Waals surface area contributed by atoms with Gasteiger partial charge in [0, 0.05) is 6.20 Å². The summed E-state index contributed by atoms with van der Waals surface area (Å²) in [6.07, 6.45) is -5.42. The molecule has 0 radical (unpaired) electrons. The van der Waals surface area contributed by atoms with Gasteiger partial charge in [-0.1, -0.05) is 23.2 Å². The molecule has 0 unspecified atom stereocenters. The summed E-state index contributed by atoms with van der Waals surface area (Å²) in [5, 5.41) is 2.56. The molecule has 130 valence electrons. The Bertz CT molecular complexity index is 803. The minimum Gasteiger partial charge on any atom is -0.237 e. The van der Waals surface area contributed by atoms with Gasteiger partial charge >= 0.3 is 18.0 Å². The van der Waals surface area contributed by atoms with Crippen molar-refractivity contribution in [2.75, 3.05) is 0 Å². The minimum absolute atomic E-state index is 0.306. The van der Waals surface area contributed by atoms with Crippen molar-refractivity contribution in [2.45, 2.75) is 24.4 Å². The molecule has 0 atom stereocenters. The van der Waals surface area contributed by atoms with Crippen LogP contribution in [0.25, 0.3) is 5.69 Å². The van der Waals surface area contributed by atoms with Crippen molar-refractivity contribution in [1.29, 1.82) is 0 Å². The third-order valence-corrected chi connectivity index (χ3v) is 4.13. The van der Waals surface area contributed by atoms with Gasteiger partial charge in [-0.05, 0) is 12.1 Å². The highest BCUT2D eigenvalue weighted by atomic mass is 35.5. The van der Waals surface area contributed by atoms with E-state index in [1.165, 1.54) is 0 Å². The van der Waals surface area contributed by atoms with Crippen molar-refractivity contribution in [2.24, 2.45) is 0 Å². The summed E-state index contributed by atoms with van der Waals surface area (Å²) in [6.45, 7) is 0. The van der Waals surface area contributed by atoms with Crippen LogP contribution < -0.4 is 0 Å². The Hall–Kier alpha value is -1.48. The minimum atomic E-state index is -4.72. The zero-order valence-corrected chi connectivity index (χ0v) is 12.7. The lowest BCUT2D eigenvalue weighted by Crippen LogP contribution is -2.34. The van der Waals surface area contributed by atoms with E-state index in [1.54, 1.807) is 0 Å². The van der Waals surface area contributed by atoms with Crippen LogP contribution in [0.5, 0.6) is 0 Å². The number of aromatic nitrogens is 2. The fraction of sp³-hybridized carbons (Fsp3) is 0.308. The van der Waals surface area contributed by atoms with Crippen LogP contribution in [0.15, 0.2) is 18.3 Å². The van der Waals surface area contributed by atoms with Gasteiger partial charge in [0.15, 0.2) is 0 Å². The molecule has 0 saturated heterocycles. The van der Waals surface area contributed by atoms with Crippen molar-refractivity contribution >= 4 is 23.2 Å². The third kappa shape index (κ3) is 2.45. The monoisotopic (exact) mass is 392 g/mol. The summed E-state index contributed by atoms with van der Waals surface area (Å²) in [4.78, 5) is 0. The van der Waals surface area contributed by atoms with Crippen LogP contribution in [0.4, 0.5) is 30.7 Å². The van der Waals surface area contributed by atoms with Crippen LogP contribution in [0.3, 0.4) is 0 Å². The van der Waals surface area contributed by atoms with E-state index in [0.717, 1.165) is 0 Å². The number of fused-ring (bicyclic) bond motifs is 1.